The van der Waals surface area contributed by atoms with Gasteiger partial charge in [0.1, 0.15) is 0 Å². The van der Waals surface area contributed by atoms with Crippen LogP contribution in [0.4, 0.5) is 5.69 Å². The molecule has 0 saturated carbocycles. The summed E-state index contributed by atoms with van der Waals surface area (Å²) < 4.78 is 22.6. The van der Waals surface area contributed by atoms with Crippen molar-refractivity contribution in [1.29, 1.82) is 0 Å². The van der Waals surface area contributed by atoms with Crippen LogP contribution in [0.1, 0.15) is 37.3 Å². The van der Waals surface area contributed by atoms with E-state index in [1.165, 1.54) is 17.7 Å². The Morgan fingerprint density at radius 2 is 1.67 bits per heavy atom. The third kappa shape index (κ3) is 3.49. The predicted molar refractivity (Wildman–Crippen MR) is 96.8 cm³/mol. The molecule has 0 atom stereocenters. The Morgan fingerprint density at radius 1 is 1.04 bits per heavy atom. The average Bonchev–Trinajstić information content (AvgIpc) is 3.04. The summed E-state index contributed by atoms with van der Waals surface area (Å²) in [5, 5.41) is 11.7. The molecule has 2 aromatic rings. The first-order chi connectivity index (χ1) is 11.3. The van der Waals surface area contributed by atoms with Gasteiger partial charge in [-0.2, -0.15) is 5.10 Å². The first kappa shape index (κ1) is 16.7. The third-order valence-corrected chi connectivity index (χ3v) is 5.10. The maximum Gasteiger partial charge on any atom is 0.238 e. The summed E-state index contributed by atoms with van der Waals surface area (Å²) in [7, 11) is -3.66. The van der Waals surface area contributed by atoms with E-state index in [0.29, 0.717) is 5.92 Å². The van der Waals surface area contributed by atoms with Crippen LogP contribution in [0, 0.1) is 0 Å². The number of hydrogen-bond acceptors (Lipinski definition) is 4. The minimum absolute atomic E-state index is 0.110. The van der Waals surface area contributed by atoms with Crippen molar-refractivity contribution in [2.75, 3.05) is 11.6 Å². The zero-order valence-corrected chi connectivity index (χ0v) is 14.6. The summed E-state index contributed by atoms with van der Waals surface area (Å²) in [6, 6.07) is 15.0. The van der Waals surface area contributed by atoms with Crippen molar-refractivity contribution in [1.82, 2.24) is 0 Å². The summed E-state index contributed by atoms with van der Waals surface area (Å²) >= 11 is 0. The van der Waals surface area contributed by atoms with Crippen LogP contribution in [-0.4, -0.2) is 20.7 Å². The van der Waals surface area contributed by atoms with Crippen LogP contribution in [0.3, 0.4) is 0 Å². The number of anilines is 1. The number of hydrazone groups is 1. The van der Waals surface area contributed by atoms with Gasteiger partial charge in [-0.15, -0.1) is 0 Å². The van der Waals surface area contributed by atoms with Gasteiger partial charge in [0.25, 0.3) is 0 Å². The molecular formula is C18H21N3O2S. The number of benzene rings is 2. The Labute approximate surface area is 142 Å². The van der Waals surface area contributed by atoms with Crippen LogP contribution in [0.2, 0.25) is 0 Å². The Kier molecular flexibility index (Phi) is 4.43. The van der Waals surface area contributed by atoms with Crippen LogP contribution in [-0.2, 0) is 10.0 Å². The fraction of sp³-hybridized carbons (Fsp3) is 0.278. The zero-order valence-electron chi connectivity index (χ0n) is 13.8. The van der Waals surface area contributed by atoms with E-state index in [2.05, 4.69) is 43.2 Å². The van der Waals surface area contributed by atoms with E-state index in [1.54, 1.807) is 12.1 Å². The van der Waals surface area contributed by atoms with E-state index < -0.39 is 10.0 Å². The smallest absolute Gasteiger partial charge is 0.238 e. The second-order valence-corrected chi connectivity index (χ2v) is 7.80. The zero-order chi connectivity index (χ0) is 17.3. The number of nitrogens with zero attached hydrogens (tertiary/aromatic N) is 2. The Balaban J connectivity index is 1.80. The molecule has 0 amide bonds. The molecule has 0 unspecified atom stereocenters. The number of rotatable bonds is 4. The quantitative estimate of drug-likeness (QED) is 0.927. The highest BCUT2D eigenvalue weighted by Gasteiger charge is 2.18. The summed E-state index contributed by atoms with van der Waals surface area (Å²) in [5.74, 6) is 0.512. The minimum Gasteiger partial charge on any atom is -0.265 e. The monoisotopic (exact) mass is 343 g/mol. The van der Waals surface area contributed by atoms with Gasteiger partial charge in [-0.1, -0.05) is 38.1 Å². The Hall–Kier alpha value is -2.18. The van der Waals surface area contributed by atoms with Crippen LogP contribution in [0.15, 0.2) is 58.5 Å². The molecule has 24 heavy (non-hydrogen) atoms. The molecule has 0 spiro atoms. The topological polar surface area (TPSA) is 75.8 Å². The van der Waals surface area contributed by atoms with Crippen molar-refractivity contribution in [3.05, 3.63) is 59.7 Å². The summed E-state index contributed by atoms with van der Waals surface area (Å²) in [6.07, 6.45) is 0.859. The van der Waals surface area contributed by atoms with Crippen molar-refractivity contribution >= 4 is 21.4 Å². The fourth-order valence-corrected chi connectivity index (χ4v) is 3.23. The van der Waals surface area contributed by atoms with Crippen LogP contribution < -0.4 is 10.1 Å². The SMILES string of the molecule is CC(C)c1ccc(C2=NN(c3ccc(S(N)(=O)=O)cc3)CC2)cc1. The van der Waals surface area contributed by atoms with E-state index in [-0.39, 0.29) is 4.90 Å². The summed E-state index contributed by atoms with van der Waals surface area (Å²) in [6.45, 7) is 5.13. The van der Waals surface area contributed by atoms with Crippen LogP contribution in [0.5, 0.6) is 0 Å². The highest BCUT2D eigenvalue weighted by atomic mass is 32.2. The maximum atomic E-state index is 11.3. The second-order valence-electron chi connectivity index (χ2n) is 6.24. The van der Waals surface area contributed by atoms with Crippen molar-refractivity contribution in [3.8, 4) is 0 Å². The summed E-state index contributed by atoms with van der Waals surface area (Å²) in [5.41, 5.74) is 4.34. The van der Waals surface area contributed by atoms with Gasteiger partial charge in [-0.3, -0.25) is 5.01 Å². The molecule has 1 heterocycles. The fourth-order valence-electron chi connectivity index (χ4n) is 2.71. The molecule has 5 nitrogen and oxygen atoms in total. The molecule has 0 aromatic heterocycles. The van der Waals surface area contributed by atoms with Gasteiger partial charge < -0.3 is 0 Å². The molecule has 0 fully saturated rings. The highest BCUT2D eigenvalue weighted by molar-refractivity contribution is 7.89. The first-order valence-corrected chi connectivity index (χ1v) is 9.47. The number of sulfonamides is 1. The van der Waals surface area contributed by atoms with Crippen molar-refractivity contribution in [2.24, 2.45) is 10.2 Å². The van der Waals surface area contributed by atoms with Crippen molar-refractivity contribution in [3.63, 3.8) is 0 Å². The lowest BCUT2D eigenvalue weighted by molar-refractivity contribution is 0.598. The van der Waals surface area contributed by atoms with Gasteiger partial charge >= 0.3 is 0 Å². The molecule has 0 aliphatic carbocycles. The van der Waals surface area contributed by atoms with Gasteiger partial charge in [0.2, 0.25) is 10.0 Å². The molecule has 2 N–H and O–H groups in total. The predicted octanol–water partition coefficient (Wildman–Crippen LogP) is 3.07. The lowest BCUT2D eigenvalue weighted by Crippen LogP contribution is -2.14. The molecule has 3 rings (SSSR count). The third-order valence-electron chi connectivity index (χ3n) is 4.18. The molecule has 0 saturated heterocycles. The standard InChI is InChI=1S/C18H21N3O2S/c1-13(2)14-3-5-15(6-4-14)18-11-12-21(20-18)16-7-9-17(10-8-16)24(19,22)23/h3-10,13H,11-12H2,1-2H3,(H2,19,22,23). The molecule has 0 bridgehead atoms. The summed E-state index contributed by atoms with van der Waals surface area (Å²) in [4.78, 5) is 0.110. The van der Waals surface area contributed by atoms with Gasteiger partial charge in [0.15, 0.2) is 0 Å². The van der Waals surface area contributed by atoms with Gasteiger partial charge in [-0.05, 0) is 41.3 Å². The van der Waals surface area contributed by atoms with E-state index in [1.807, 2.05) is 5.01 Å². The van der Waals surface area contributed by atoms with Crippen LogP contribution in [0.25, 0.3) is 0 Å². The molecule has 1 aliphatic heterocycles. The van der Waals surface area contributed by atoms with Gasteiger partial charge in [0, 0.05) is 13.0 Å². The Bertz CT molecular complexity index is 854. The molecule has 1 aliphatic rings. The van der Waals surface area contributed by atoms with Crippen molar-refractivity contribution < 1.29 is 8.42 Å². The number of primary sulfonamides is 1. The Morgan fingerprint density at radius 3 is 2.21 bits per heavy atom. The second kappa shape index (κ2) is 6.37. The van der Waals surface area contributed by atoms with Gasteiger partial charge in [0.05, 0.1) is 16.3 Å². The van der Waals surface area contributed by atoms with E-state index >= 15 is 0 Å². The maximum absolute atomic E-state index is 11.3. The highest BCUT2D eigenvalue weighted by Crippen LogP contribution is 2.24. The molecule has 0 radical (unpaired) electrons. The molecule has 6 heteroatoms. The van der Waals surface area contributed by atoms with Crippen LogP contribution >= 0.6 is 0 Å². The lowest BCUT2D eigenvalue weighted by Gasteiger charge is -2.13. The molecule has 2 aromatic carbocycles. The number of nitrogens with two attached hydrogens (primary N) is 1. The largest absolute Gasteiger partial charge is 0.265 e. The first-order valence-electron chi connectivity index (χ1n) is 7.93. The average molecular weight is 343 g/mol. The van der Waals surface area contributed by atoms with E-state index in [0.717, 1.165) is 29.9 Å². The van der Waals surface area contributed by atoms with Crippen molar-refractivity contribution in [2.45, 2.75) is 31.1 Å². The molecule has 126 valence electrons. The van der Waals surface area contributed by atoms with E-state index in [9.17, 15) is 8.42 Å². The minimum atomic E-state index is -3.66. The lowest BCUT2D eigenvalue weighted by atomic mass is 10.00. The van der Waals surface area contributed by atoms with E-state index in [4.69, 9.17) is 5.14 Å². The van der Waals surface area contributed by atoms with Gasteiger partial charge in [-0.25, -0.2) is 13.6 Å². The number of hydrogen-bond donors (Lipinski definition) is 1. The molecular weight excluding hydrogens is 322 g/mol. The normalized spacial score (nSPS) is 15.0.